The average molecular weight is 365 g/mol. The highest BCUT2D eigenvalue weighted by molar-refractivity contribution is 5.84. The van der Waals surface area contributed by atoms with E-state index < -0.39 is 0 Å². The molecule has 0 unspecified atom stereocenters. The summed E-state index contributed by atoms with van der Waals surface area (Å²) in [7, 11) is 0. The number of phenolic OH excluding ortho intramolecular Hbond substituents is 1. The predicted octanol–water partition coefficient (Wildman–Crippen LogP) is 3.75. The number of aromatic nitrogens is 1. The maximum Gasteiger partial charge on any atom is 0.240 e. The van der Waals surface area contributed by atoms with Crippen molar-refractivity contribution >= 4 is 23.0 Å². The van der Waals surface area contributed by atoms with Gasteiger partial charge in [-0.25, -0.2) is 5.43 Å². The Labute approximate surface area is 157 Å². The normalized spacial score (nSPS) is 11.1. The fourth-order valence-electron chi connectivity index (χ4n) is 2.89. The molecule has 0 atom stereocenters. The number of amides is 1. The molecule has 0 fully saturated rings. The summed E-state index contributed by atoms with van der Waals surface area (Å²) in [5.41, 5.74) is 5.60. The van der Waals surface area contributed by atoms with E-state index in [9.17, 15) is 9.90 Å². The lowest BCUT2D eigenvalue weighted by atomic mass is 10.1. The third-order valence-electron chi connectivity index (χ3n) is 4.21. The van der Waals surface area contributed by atoms with Crippen LogP contribution in [0.25, 0.3) is 10.9 Å². The number of hydrazone groups is 1. The van der Waals surface area contributed by atoms with E-state index in [4.69, 9.17) is 4.74 Å². The number of benzene rings is 2. The van der Waals surface area contributed by atoms with Gasteiger partial charge in [-0.15, -0.1) is 0 Å². The Bertz CT molecular complexity index is 947. The molecular weight excluding hydrogens is 342 g/mol. The number of aryl methyl sites for hydroxylation is 1. The highest BCUT2D eigenvalue weighted by Crippen LogP contribution is 2.26. The molecule has 0 aliphatic carbocycles. The smallest absolute Gasteiger partial charge is 0.240 e. The summed E-state index contributed by atoms with van der Waals surface area (Å²) in [6, 6.07) is 13.0. The minimum atomic E-state index is -0.130. The maximum absolute atomic E-state index is 12.0. The SMILES string of the molecule is CCOc1cc(/C=N/NC(=O)CCCc2c[nH]c3ccccc23)ccc1O. The summed E-state index contributed by atoms with van der Waals surface area (Å²) in [6.07, 6.45) is 5.51. The lowest BCUT2D eigenvalue weighted by Gasteiger charge is -2.06. The molecule has 1 aromatic heterocycles. The molecule has 6 heteroatoms. The first kappa shape index (κ1) is 18.5. The Morgan fingerprint density at radius 1 is 1.30 bits per heavy atom. The molecular formula is C21H23N3O3. The van der Waals surface area contributed by atoms with Crippen LogP contribution in [0, 0.1) is 0 Å². The summed E-state index contributed by atoms with van der Waals surface area (Å²) in [6.45, 7) is 2.30. The Morgan fingerprint density at radius 2 is 2.15 bits per heavy atom. The van der Waals surface area contributed by atoms with Crippen LogP contribution in [0.4, 0.5) is 0 Å². The molecule has 0 spiro atoms. The van der Waals surface area contributed by atoms with E-state index in [-0.39, 0.29) is 11.7 Å². The molecule has 1 heterocycles. The summed E-state index contributed by atoms with van der Waals surface area (Å²) >= 11 is 0. The summed E-state index contributed by atoms with van der Waals surface area (Å²) < 4.78 is 5.32. The van der Waals surface area contributed by atoms with Crippen LogP contribution in [0.2, 0.25) is 0 Å². The number of ether oxygens (including phenoxy) is 1. The first-order valence-electron chi connectivity index (χ1n) is 9.00. The van der Waals surface area contributed by atoms with Gasteiger partial charge in [0.15, 0.2) is 11.5 Å². The topological polar surface area (TPSA) is 86.7 Å². The van der Waals surface area contributed by atoms with Crippen LogP contribution in [0.3, 0.4) is 0 Å². The van der Waals surface area contributed by atoms with Crippen LogP contribution in [-0.4, -0.2) is 28.8 Å². The van der Waals surface area contributed by atoms with Crippen LogP contribution in [0.15, 0.2) is 53.8 Å². The van der Waals surface area contributed by atoms with Crippen molar-refractivity contribution in [3.05, 3.63) is 59.8 Å². The first-order chi connectivity index (χ1) is 13.2. The molecule has 3 N–H and O–H groups in total. The number of hydrogen-bond donors (Lipinski definition) is 3. The second-order valence-electron chi connectivity index (χ2n) is 6.17. The highest BCUT2D eigenvalue weighted by Gasteiger charge is 2.05. The third-order valence-corrected chi connectivity index (χ3v) is 4.21. The van der Waals surface area contributed by atoms with Gasteiger partial charge in [0.2, 0.25) is 5.91 Å². The Kier molecular flexibility index (Phi) is 6.10. The van der Waals surface area contributed by atoms with E-state index in [0.29, 0.717) is 18.8 Å². The largest absolute Gasteiger partial charge is 0.504 e. The third kappa shape index (κ3) is 4.88. The molecule has 0 radical (unpaired) electrons. The molecule has 140 valence electrons. The van der Waals surface area contributed by atoms with Crippen LogP contribution in [-0.2, 0) is 11.2 Å². The van der Waals surface area contributed by atoms with Gasteiger partial charge < -0.3 is 14.8 Å². The molecule has 2 aromatic carbocycles. The van der Waals surface area contributed by atoms with Crippen molar-refractivity contribution in [2.45, 2.75) is 26.2 Å². The van der Waals surface area contributed by atoms with E-state index in [1.807, 2.05) is 31.3 Å². The van der Waals surface area contributed by atoms with Crippen molar-refractivity contribution < 1.29 is 14.6 Å². The highest BCUT2D eigenvalue weighted by atomic mass is 16.5. The monoisotopic (exact) mass is 365 g/mol. The molecule has 0 bridgehead atoms. The Balaban J connectivity index is 1.47. The number of phenols is 1. The van der Waals surface area contributed by atoms with E-state index in [2.05, 4.69) is 21.6 Å². The summed E-state index contributed by atoms with van der Waals surface area (Å²) in [5.74, 6) is 0.344. The molecule has 3 rings (SSSR count). The van der Waals surface area contributed by atoms with Gasteiger partial charge in [0.1, 0.15) is 0 Å². The van der Waals surface area contributed by atoms with Gasteiger partial charge >= 0.3 is 0 Å². The zero-order valence-electron chi connectivity index (χ0n) is 15.2. The minimum Gasteiger partial charge on any atom is -0.504 e. The standard InChI is InChI=1S/C21H23N3O3/c1-2-27-20-12-15(10-11-19(20)25)13-23-24-21(26)9-5-6-16-14-22-18-8-4-3-7-17(16)18/h3-4,7-8,10-14,22,25H,2,5-6,9H2,1H3,(H,24,26)/b23-13+. The Hall–Kier alpha value is -3.28. The predicted molar refractivity (Wildman–Crippen MR) is 106 cm³/mol. The van der Waals surface area contributed by atoms with Crippen molar-refractivity contribution in [2.24, 2.45) is 5.10 Å². The number of para-hydroxylation sites is 1. The van der Waals surface area contributed by atoms with Gasteiger partial charge in [0, 0.05) is 23.5 Å². The van der Waals surface area contributed by atoms with Crippen molar-refractivity contribution in [1.29, 1.82) is 0 Å². The minimum absolute atomic E-state index is 0.0790. The summed E-state index contributed by atoms with van der Waals surface area (Å²) in [5, 5.41) is 14.9. The zero-order chi connectivity index (χ0) is 19.1. The summed E-state index contributed by atoms with van der Waals surface area (Å²) in [4.78, 5) is 15.2. The van der Waals surface area contributed by atoms with Gasteiger partial charge in [-0.3, -0.25) is 4.79 Å². The van der Waals surface area contributed by atoms with Gasteiger partial charge in [0.25, 0.3) is 0 Å². The number of nitrogens with one attached hydrogen (secondary N) is 2. The molecule has 3 aromatic rings. The number of H-pyrrole nitrogens is 1. The van der Waals surface area contributed by atoms with Gasteiger partial charge in [-0.05, 0) is 55.2 Å². The van der Waals surface area contributed by atoms with Crippen molar-refractivity contribution in [2.75, 3.05) is 6.61 Å². The zero-order valence-corrected chi connectivity index (χ0v) is 15.2. The lowest BCUT2D eigenvalue weighted by Crippen LogP contribution is -2.17. The van der Waals surface area contributed by atoms with Gasteiger partial charge in [0.05, 0.1) is 12.8 Å². The van der Waals surface area contributed by atoms with Crippen LogP contribution < -0.4 is 10.2 Å². The number of rotatable bonds is 8. The van der Waals surface area contributed by atoms with Crippen LogP contribution in [0.1, 0.15) is 30.9 Å². The van der Waals surface area contributed by atoms with Crippen molar-refractivity contribution in [3.8, 4) is 11.5 Å². The quantitative estimate of drug-likeness (QED) is 0.420. The molecule has 0 aliphatic rings. The van der Waals surface area contributed by atoms with Crippen LogP contribution in [0.5, 0.6) is 11.5 Å². The second kappa shape index (κ2) is 8.89. The number of carbonyl (C=O) groups excluding carboxylic acids is 1. The van der Waals surface area contributed by atoms with E-state index in [1.54, 1.807) is 12.1 Å². The van der Waals surface area contributed by atoms with Crippen LogP contribution >= 0.6 is 0 Å². The van der Waals surface area contributed by atoms with Gasteiger partial charge in [-0.2, -0.15) is 5.10 Å². The lowest BCUT2D eigenvalue weighted by molar-refractivity contribution is -0.121. The molecule has 0 aliphatic heterocycles. The fourth-order valence-corrected chi connectivity index (χ4v) is 2.89. The number of nitrogens with zero attached hydrogens (tertiary/aromatic N) is 1. The number of hydrogen-bond acceptors (Lipinski definition) is 4. The van der Waals surface area contributed by atoms with E-state index >= 15 is 0 Å². The maximum atomic E-state index is 12.0. The van der Waals surface area contributed by atoms with E-state index in [1.165, 1.54) is 23.2 Å². The first-order valence-corrected chi connectivity index (χ1v) is 9.00. The molecule has 27 heavy (non-hydrogen) atoms. The molecule has 0 saturated heterocycles. The number of carbonyl (C=O) groups is 1. The van der Waals surface area contributed by atoms with Crippen molar-refractivity contribution in [3.63, 3.8) is 0 Å². The average Bonchev–Trinajstić information content (AvgIpc) is 3.08. The number of aromatic amines is 1. The number of fused-ring (bicyclic) bond motifs is 1. The molecule has 0 saturated carbocycles. The van der Waals surface area contributed by atoms with Crippen molar-refractivity contribution in [1.82, 2.24) is 10.4 Å². The molecule has 1 amide bonds. The fraction of sp³-hybridized carbons (Fsp3) is 0.238. The second-order valence-corrected chi connectivity index (χ2v) is 6.17. The molecule has 6 nitrogen and oxygen atoms in total. The van der Waals surface area contributed by atoms with E-state index in [0.717, 1.165) is 23.9 Å². The number of aromatic hydroxyl groups is 1. The Morgan fingerprint density at radius 3 is 3.00 bits per heavy atom. The van der Waals surface area contributed by atoms with Gasteiger partial charge in [-0.1, -0.05) is 18.2 Å².